The van der Waals surface area contributed by atoms with Crippen molar-refractivity contribution in [2.45, 2.75) is 25.4 Å². The molecule has 0 bridgehead atoms. The third-order valence-electron chi connectivity index (χ3n) is 3.99. The summed E-state index contributed by atoms with van der Waals surface area (Å²) < 4.78 is 11.3. The van der Waals surface area contributed by atoms with E-state index in [0.29, 0.717) is 6.61 Å². The van der Waals surface area contributed by atoms with Gasteiger partial charge in [-0.2, -0.15) is 0 Å². The Balaban J connectivity index is 0.00000176. The molecule has 0 aliphatic carbocycles. The summed E-state index contributed by atoms with van der Waals surface area (Å²) in [5.74, 6) is 0.922. The van der Waals surface area contributed by atoms with Crippen molar-refractivity contribution in [1.82, 2.24) is 5.32 Å². The highest BCUT2D eigenvalue weighted by Crippen LogP contribution is 2.20. The molecule has 2 saturated heterocycles. The van der Waals surface area contributed by atoms with E-state index in [0.717, 1.165) is 50.4 Å². The van der Waals surface area contributed by atoms with Crippen molar-refractivity contribution < 1.29 is 14.3 Å². The zero-order chi connectivity index (χ0) is 14.5. The number of carbonyl (C=O) groups is 1. The van der Waals surface area contributed by atoms with Gasteiger partial charge in [-0.25, -0.2) is 0 Å². The monoisotopic (exact) mass is 326 g/mol. The fraction of sp³-hybridized carbons (Fsp3) is 0.562. The van der Waals surface area contributed by atoms with Gasteiger partial charge in [-0.15, -0.1) is 12.4 Å². The lowest BCUT2D eigenvalue weighted by molar-refractivity contribution is -0.119. The van der Waals surface area contributed by atoms with E-state index in [1.54, 1.807) is 0 Å². The first-order valence-corrected chi connectivity index (χ1v) is 7.67. The molecule has 2 atom stereocenters. The summed E-state index contributed by atoms with van der Waals surface area (Å²) in [5.41, 5.74) is 0.789. The highest BCUT2D eigenvalue weighted by molar-refractivity contribution is 5.93. The minimum atomic E-state index is 0. The number of anilines is 1. The Labute approximate surface area is 137 Å². The van der Waals surface area contributed by atoms with E-state index in [1.165, 1.54) is 0 Å². The van der Waals surface area contributed by atoms with E-state index in [2.05, 4.69) is 10.6 Å². The highest BCUT2D eigenvalue weighted by atomic mass is 35.5. The Kier molecular flexibility index (Phi) is 6.49. The second-order valence-electron chi connectivity index (χ2n) is 5.65. The fourth-order valence-corrected chi connectivity index (χ4v) is 2.75. The molecule has 6 heteroatoms. The van der Waals surface area contributed by atoms with Crippen LogP contribution < -0.4 is 15.4 Å². The smallest absolute Gasteiger partial charge is 0.228 e. The number of hydrogen-bond donors (Lipinski definition) is 2. The lowest BCUT2D eigenvalue weighted by atomic mass is 10.1. The van der Waals surface area contributed by atoms with Gasteiger partial charge in [-0.1, -0.05) is 6.07 Å². The highest BCUT2D eigenvalue weighted by Gasteiger charge is 2.22. The van der Waals surface area contributed by atoms with E-state index < -0.39 is 0 Å². The zero-order valence-corrected chi connectivity index (χ0v) is 13.4. The molecule has 2 heterocycles. The first kappa shape index (κ1) is 17.1. The van der Waals surface area contributed by atoms with Gasteiger partial charge < -0.3 is 20.1 Å². The molecule has 2 unspecified atom stereocenters. The van der Waals surface area contributed by atoms with Gasteiger partial charge in [0.1, 0.15) is 12.4 Å². The summed E-state index contributed by atoms with van der Waals surface area (Å²) in [5, 5.41) is 6.16. The minimum absolute atomic E-state index is 0. The van der Waals surface area contributed by atoms with Crippen LogP contribution in [-0.4, -0.2) is 38.3 Å². The second-order valence-corrected chi connectivity index (χ2v) is 5.65. The molecule has 1 aromatic carbocycles. The van der Waals surface area contributed by atoms with Crippen LogP contribution in [0.15, 0.2) is 24.3 Å². The number of ether oxygens (including phenoxy) is 2. The van der Waals surface area contributed by atoms with Gasteiger partial charge in [0.2, 0.25) is 5.91 Å². The molecule has 1 aromatic rings. The zero-order valence-electron chi connectivity index (χ0n) is 12.5. The number of hydrogen-bond acceptors (Lipinski definition) is 4. The van der Waals surface area contributed by atoms with Gasteiger partial charge >= 0.3 is 0 Å². The molecule has 0 radical (unpaired) electrons. The predicted molar refractivity (Wildman–Crippen MR) is 87.8 cm³/mol. The minimum Gasteiger partial charge on any atom is -0.491 e. The van der Waals surface area contributed by atoms with Crippen LogP contribution in [0.25, 0.3) is 0 Å². The number of halogens is 1. The van der Waals surface area contributed by atoms with E-state index in [9.17, 15) is 4.79 Å². The molecular formula is C16H23ClN2O3. The van der Waals surface area contributed by atoms with Crippen molar-refractivity contribution in [1.29, 1.82) is 0 Å². The van der Waals surface area contributed by atoms with E-state index >= 15 is 0 Å². The van der Waals surface area contributed by atoms with Crippen LogP contribution in [0, 0.1) is 5.92 Å². The van der Waals surface area contributed by atoms with Gasteiger partial charge in [-0.05, 0) is 37.9 Å². The Bertz CT molecular complexity index is 486. The Morgan fingerprint density at radius 1 is 1.41 bits per heavy atom. The maximum absolute atomic E-state index is 12.1. The standard InChI is InChI=1S/C16H22N2O3.ClH/c19-16(12-6-7-17-10-12)18-13-3-1-4-14(9-13)21-11-15-5-2-8-20-15;/h1,3-4,9,12,15,17H,2,5-8,10-11H2,(H,18,19);1H. The van der Waals surface area contributed by atoms with Crippen LogP contribution in [0.3, 0.4) is 0 Å². The fourth-order valence-electron chi connectivity index (χ4n) is 2.75. The van der Waals surface area contributed by atoms with Crippen molar-refractivity contribution in [2.24, 2.45) is 5.92 Å². The average molecular weight is 327 g/mol. The summed E-state index contributed by atoms with van der Waals surface area (Å²) in [6.07, 6.45) is 3.28. The van der Waals surface area contributed by atoms with Crippen molar-refractivity contribution in [3.8, 4) is 5.75 Å². The van der Waals surface area contributed by atoms with Gasteiger partial charge in [0.25, 0.3) is 0 Å². The third-order valence-corrected chi connectivity index (χ3v) is 3.99. The van der Waals surface area contributed by atoms with Crippen LogP contribution in [0.1, 0.15) is 19.3 Å². The van der Waals surface area contributed by atoms with Gasteiger partial charge in [-0.3, -0.25) is 4.79 Å². The Morgan fingerprint density at radius 2 is 2.32 bits per heavy atom. The molecule has 122 valence electrons. The Hall–Kier alpha value is -1.30. The molecule has 2 N–H and O–H groups in total. The molecule has 3 rings (SSSR count). The second kappa shape index (κ2) is 8.36. The molecule has 1 amide bonds. The number of nitrogens with one attached hydrogen (secondary N) is 2. The normalized spacial score (nSPS) is 23.8. The van der Waals surface area contributed by atoms with Gasteiger partial charge in [0, 0.05) is 24.9 Å². The number of benzene rings is 1. The lowest BCUT2D eigenvalue weighted by Gasteiger charge is -2.13. The van der Waals surface area contributed by atoms with Gasteiger partial charge in [0.05, 0.1) is 12.0 Å². The molecule has 5 nitrogen and oxygen atoms in total. The summed E-state index contributed by atoms with van der Waals surface area (Å²) in [7, 11) is 0. The Morgan fingerprint density at radius 3 is 3.05 bits per heavy atom. The molecular weight excluding hydrogens is 304 g/mol. The largest absolute Gasteiger partial charge is 0.491 e. The molecule has 2 aliphatic rings. The van der Waals surface area contributed by atoms with Crippen LogP contribution in [-0.2, 0) is 9.53 Å². The number of carbonyl (C=O) groups excluding carboxylic acids is 1. The average Bonchev–Trinajstić information content (AvgIpc) is 3.19. The number of amides is 1. The van der Waals surface area contributed by atoms with E-state index in [4.69, 9.17) is 9.47 Å². The summed E-state index contributed by atoms with van der Waals surface area (Å²) in [4.78, 5) is 12.1. The first-order valence-electron chi connectivity index (χ1n) is 7.67. The van der Waals surface area contributed by atoms with E-state index in [1.807, 2.05) is 24.3 Å². The third kappa shape index (κ3) is 4.60. The molecule has 2 aliphatic heterocycles. The summed E-state index contributed by atoms with van der Waals surface area (Å²) >= 11 is 0. The molecule has 2 fully saturated rings. The lowest BCUT2D eigenvalue weighted by Crippen LogP contribution is -2.24. The van der Waals surface area contributed by atoms with Crippen molar-refractivity contribution in [2.75, 3.05) is 31.6 Å². The maximum Gasteiger partial charge on any atom is 0.228 e. The molecule has 22 heavy (non-hydrogen) atoms. The quantitative estimate of drug-likeness (QED) is 0.871. The predicted octanol–water partition coefficient (Wildman–Crippen LogP) is 2.21. The van der Waals surface area contributed by atoms with Crippen molar-refractivity contribution in [3.63, 3.8) is 0 Å². The SMILES string of the molecule is Cl.O=C(Nc1cccc(OCC2CCCO2)c1)C1CCNC1. The molecule has 0 saturated carbocycles. The van der Waals surface area contributed by atoms with Crippen LogP contribution in [0.4, 0.5) is 5.69 Å². The van der Waals surface area contributed by atoms with Crippen LogP contribution in [0.2, 0.25) is 0 Å². The molecule has 0 aromatic heterocycles. The van der Waals surface area contributed by atoms with E-state index in [-0.39, 0.29) is 30.3 Å². The number of rotatable bonds is 5. The molecule has 0 spiro atoms. The maximum atomic E-state index is 12.1. The van der Waals surface area contributed by atoms with Crippen molar-refractivity contribution >= 4 is 24.0 Å². The van der Waals surface area contributed by atoms with Crippen LogP contribution >= 0.6 is 12.4 Å². The first-order chi connectivity index (χ1) is 10.3. The van der Waals surface area contributed by atoms with Crippen molar-refractivity contribution in [3.05, 3.63) is 24.3 Å². The van der Waals surface area contributed by atoms with Crippen LogP contribution in [0.5, 0.6) is 5.75 Å². The van der Waals surface area contributed by atoms with Gasteiger partial charge in [0.15, 0.2) is 0 Å². The topological polar surface area (TPSA) is 59.6 Å². The summed E-state index contributed by atoms with van der Waals surface area (Å²) in [6, 6.07) is 7.56. The summed E-state index contributed by atoms with van der Waals surface area (Å²) in [6.45, 7) is 3.09.